The van der Waals surface area contributed by atoms with Gasteiger partial charge in [-0.3, -0.25) is 14.7 Å². The Balaban J connectivity index is 1.04. The number of aliphatic imine (C=N–C) groups is 1. The van der Waals surface area contributed by atoms with Crippen molar-refractivity contribution in [3.05, 3.63) is 53.4 Å². The van der Waals surface area contributed by atoms with Crippen molar-refractivity contribution in [3.63, 3.8) is 0 Å². The highest BCUT2D eigenvalue weighted by Crippen LogP contribution is 2.34. The number of carbonyl (C=O) groups is 1. The van der Waals surface area contributed by atoms with Crippen LogP contribution in [0.4, 0.5) is 5.13 Å². The Morgan fingerprint density at radius 1 is 1.13 bits per heavy atom. The average molecular weight is 652 g/mol. The number of nitrogens with zero attached hydrogens (tertiary/aromatic N) is 4. The Labute approximate surface area is 276 Å². The summed E-state index contributed by atoms with van der Waals surface area (Å²) < 4.78 is 13.1. The highest BCUT2D eigenvalue weighted by Gasteiger charge is 2.30. The zero-order valence-corrected chi connectivity index (χ0v) is 29.6. The number of aromatic nitrogens is 2. The standard InChI is InChI=1S/C35H49N5O3S2/c1-8-9-27-26-11-10-25(18-24(26)19-28(38-27)34(2,3)4)42-17-16-40-14-12-23(13-15-40)32(41)39-33-37-21-31(45-33)44-22-30-36-20-29(43-30)35(5,6)7/h10-11,18,20-21,23,28H,8-9,12-17,19,22H2,1-7H3,(H,37,39,41). The van der Waals surface area contributed by atoms with Crippen molar-refractivity contribution in [1.82, 2.24) is 14.9 Å². The smallest absolute Gasteiger partial charge is 0.229 e. The third kappa shape index (κ3) is 8.98. The summed E-state index contributed by atoms with van der Waals surface area (Å²) in [6, 6.07) is 6.82. The Bertz CT molecular complexity index is 1470. The van der Waals surface area contributed by atoms with Gasteiger partial charge >= 0.3 is 0 Å². The van der Waals surface area contributed by atoms with Gasteiger partial charge in [0.1, 0.15) is 18.1 Å². The molecule has 4 heterocycles. The number of thiazole rings is 1. The van der Waals surface area contributed by atoms with Gasteiger partial charge in [-0.2, -0.15) is 0 Å². The van der Waals surface area contributed by atoms with E-state index in [9.17, 15) is 4.79 Å². The molecule has 10 heteroatoms. The SMILES string of the molecule is CCCC1=NC(C(C)(C)C)Cc2cc(OCCN3CCC(C(=O)Nc4ncc(SCc5ncc(C(C)(C)C)o5)s4)CC3)ccc21. The summed E-state index contributed by atoms with van der Waals surface area (Å²) in [7, 11) is 0. The number of anilines is 1. The van der Waals surface area contributed by atoms with Crippen LogP contribution in [0.5, 0.6) is 5.75 Å². The first-order valence-electron chi connectivity index (χ1n) is 16.3. The van der Waals surface area contributed by atoms with Crippen LogP contribution in [0.25, 0.3) is 0 Å². The van der Waals surface area contributed by atoms with Crippen molar-refractivity contribution in [2.45, 2.75) is 102 Å². The fourth-order valence-corrected chi connectivity index (χ4v) is 7.45. The zero-order valence-electron chi connectivity index (χ0n) is 27.9. The number of nitrogens with one attached hydrogen (secondary N) is 1. The number of ether oxygens (including phenoxy) is 1. The first-order chi connectivity index (χ1) is 21.4. The molecule has 1 amide bonds. The molecule has 2 aliphatic rings. The van der Waals surface area contributed by atoms with Crippen LogP contribution in [0.2, 0.25) is 0 Å². The van der Waals surface area contributed by atoms with Crippen LogP contribution >= 0.6 is 23.1 Å². The number of fused-ring (bicyclic) bond motifs is 1. The second-order valence-corrected chi connectivity index (χ2v) is 16.6. The fraction of sp³-hybridized carbons (Fsp3) is 0.600. The molecule has 1 fully saturated rings. The molecule has 244 valence electrons. The van der Waals surface area contributed by atoms with E-state index in [4.69, 9.17) is 14.1 Å². The van der Waals surface area contributed by atoms with Crippen molar-refractivity contribution < 1.29 is 13.9 Å². The van der Waals surface area contributed by atoms with E-state index >= 15 is 0 Å². The van der Waals surface area contributed by atoms with Crippen LogP contribution in [0.15, 0.2) is 44.2 Å². The number of benzene rings is 1. The molecule has 45 heavy (non-hydrogen) atoms. The van der Waals surface area contributed by atoms with E-state index < -0.39 is 0 Å². The molecule has 1 atom stereocenters. The van der Waals surface area contributed by atoms with Gasteiger partial charge in [0, 0.05) is 23.6 Å². The molecular formula is C35H49N5O3S2. The summed E-state index contributed by atoms with van der Waals surface area (Å²) in [5, 5.41) is 3.69. The van der Waals surface area contributed by atoms with Crippen LogP contribution < -0.4 is 10.1 Å². The van der Waals surface area contributed by atoms with Gasteiger partial charge in [0.25, 0.3) is 0 Å². The second kappa shape index (κ2) is 14.4. The van der Waals surface area contributed by atoms with Crippen molar-refractivity contribution in [3.8, 4) is 5.75 Å². The van der Waals surface area contributed by atoms with E-state index in [2.05, 4.69) is 86.8 Å². The number of carbonyl (C=O) groups excluding carboxylic acids is 1. The summed E-state index contributed by atoms with van der Waals surface area (Å²) in [4.78, 5) is 29.4. The normalized spacial score (nSPS) is 18.0. The van der Waals surface area contributed by atoms with Gasteiger partial charge in [-0.25, -0.2) is 9.97 Å². The molecule has 1 N–H and O–H groups in total. The van der Waals surface area contributed by atoms with E-state index in [1.807, 2.05) is 12.4 Å². The van der Waals surface area contributed by atoms with Crippen LogP contribution in [-0.2, 0) is 22.4 Å². The van der Waals surface area contributed by atoms with Gasteiger partial charge in [-0.15, -0.1) is 11.8 Å². The van der Waals surface area contributed by atoms with Gasteiger partial charge < -0.3 is 14.5 Å². The maximum absolute atomic E-state index is 13.0. The molecule has 0 saturated carbocycles. The minimum atomic E-state index is -0.0602. The summed E-state index contributed by atoms with van der Waals surface area (Å²) in [6.07, 6.45) is 8.37. The molecule has 1 unspecified atom stereocenters. The van der Waals surface area contributed by atoms with Crippen LogP contribution in [0, 0.1) is 11.3 Å². The Kier molecular flexibility index (Phi) is 10.8. The maximum atomic E-state index is 13.0. The van der Waals surface area contributed by atoms with Crippen molar-refractivity contribution in [1.29, 1.82) is 0 Å². The third-order valence-corrected chi connectivity index (χ3v) is 10.7. The molecule has 2 aliphatic heterocycles. The molecule has 3 aromatic rings. The molecule has 0 bridgehead atoms. The molecule has 5 rings (SSSR count). The number of hydrogen-bond donors (Lipinski definition) is 1. The van der Waals surface area contributed by atoms with Crippen LogP contribution in [-0.4, -0.2) is 58.8 Å². The van der Waals surface area contributed by atoms with E-state index in [0.29, 0.717) is 29.4 Å². The van der Waals surface area contributed by atoms with Crippen LogP contribution in [0.1, 0.15) is 96.9 Å². The van der Waals surface area contributed by atoms with E-state index in [1.54, 1.807) is 11.8 Å². The molecule has 0 radical (unpaired) electrons. The molecule has 1 saturated heterocycles. The number of piperidine rings is 1. The predicted molar refractivity (Wildman–Crippen MR) is 185 cm³/mol. The Morgan fingerprint density at radius 3 is 2.60 bits per heavy atom. The first kappa shape index (κ1) is 33.7. The Hall–Kier alpha value is -2.69. The first-order valence-corrected chi connectivity index (χ1v) is 18.1. The third-order valence-electron chi connectivity index (χ3n) is 8.58. The molecule has 0 aliphatic carbocycles. The van der Waals surface area contributed by atoms with E-state index in [0.717, 1.165) is 67.5 Å². The minimum absolute atomic E-state index is 0.000646. The minimum Gasteiger partial charge on any atom is -0.492 e. The van der Waals surface area contributed by atoms with Crippen molar-refractivity contribution >= 4 is 39.8 Å². The summed E-state index contributed by atoms with van der Waals surface area (Å²) in [6.45, 7) is 18.7. The van der Waals surface area contributed by atoms with Gasteiger partial charge in [0.15, 0.2) is 5.13 Å². The number of hydrogen-bond acceptors (Lipinski definition) is 9. The average Bonchev–Trinajstić information content (AvgIpc) is 3.66. The highest BCUT2D eigenvalue weighted by atomic mass is 32.2. The lowest BCUT2D eigenvalue weighted by Crippen LogP contribution is -2.39. The van der Waals surface area contributed by atoms with Crippen molar-refractivity contribution in [2.24, 2.45) is 16.3 Å². The lowest BCUT2D eigenvalue weighted by atomic mass is 9.79. The molecule has 2 aromatic heterocycles. The number of amides is 1. The van der Waals surface area contributed by atoms with Gasteiger partial charge in [0.05, 0.1) is 28.4 Å². The number of rotatable bonds is 11. The number of oxazole rings is 1. The van der Waals surface area contributed by atoms with Crippen LogP contribution in [0.3, 0.4) is 0 Å². The molecule has 0 spiro atoms. The second-order valence-electron chi connectivity index (χ2n) is 14.3. The van der Waals surface area contributed by atoms with Gasteiger partial charge in [0.2, 0.25) is 11.8 Å². The molecular weight excluding hydrogens is 603 g/mol. The predicted octanol–water partition coefficient (Wildman–Crippen LogP) is 8.01. The summed E-state index contributed by atoms with van der Waals surface area (Å²) >= 11 is 3.12. The number of likely N-dealkylation sites (tertiary alicyclic amines) is 1. The summed E-state index contributed by atoms with van der Waals surface area (Å²) in [5.74, 6) is 3.22. The highest BCUT2D eigenvalue weighted by molar-refractivity contribution is 8.00. The molecule has 1 aromatic carbocycles. The largest absolute Gasteiger partial charge is 0.492 e. The topological polar surface area (TPSA) is 92.8 Å². The quantitative estimate of drug-likeness (QED) is 0.210. The van der Waals surface area contributed by atoms with Gasteiger partial charge in [-0.05, 0) is 73.5 Å². The lowest BCUT2D eigenvalue weighted by Gasteiger charge is -2.33. The van der Waals surface area contributed by atoms with E-state index in [-0.39, 0.29) is 22.7 Å². The fourth-order valence-electron chi connectivity index (χ4n) is 5.72. The summed E-state index contributed by atoms with van der Waals surface area (Å²) in [5.41, 5.74) is 3.96. The van der Waals surface area contributed by atoms with Gasteiger partial charge in [-0.1, -0.05) is 66.2 Å². The Morgan fingerprint density at radius 2 is 1.91 bits per heavy atom. The van der Waals surface area contributed by atoms with E-state index in [1.165, 1.54) is 28.2 Å². The molecule has 8 nitrogen and oxygen atoms in total. The van der Waals surface area contributed by atoms with Crippen molar-refractivity contribution in [2.75, 3.05) is 31.6 Å². The monoisotopic (exact) mass is 651 g/mol. The zero-order chi connectivity index (χ0) is 32.2. The maximum Gasteiger partial charge on any atom is 0.229 e. The lowest BCUT2D eigenvalue weighted by molar-refractivity contribution is -0.121. The number of thioether (sulfide) groups is 1.